The Kier molecular flexibility index (Phi) is 4.46. The molecule has 0 spiro atoms. The van der Waals surface area contributed by atoms with E-state index < -0.39 is 0 Å². The average Bonchev–Trinajstić information content (AvgIpc) is 2.74. The Hall–Kier alpha value is -1.24. The molecule has 4 nitrogen and oxygen atoms in total. The van der Waals surface area contributed by atoms with E-state index in [-0.39, 0.29) is 18.6 Å². The monoisotopic (exact) mass is 359 g/mol. The van der Waals surface area contributed by atoms with Gasteiger partial charge in [0.15, 0.2) is 6.61 Å². The van der Waals surface area contributed by atoms with Gasteiger partial charge < -0.3 is 14.8 Å². The fourth-order valence-electron chi connectivity index (χ4n) is 1.64. The summed E-state index contributed by atoms with van der Waals surface area (Å²) >= 11 is 2.21. The lowest BCUT2D eigenvalue weighted by Gasteiger charge is -2.12. The largest absolute Gasteiger partial charge is 0.496 e. The number of hydrogen-bond acceptors (Lipinski definition) is 3. The Morgan fingerprint density at radius 1 is 1.50 bits per heavy atom. The van der Waals surface area contributed by atoms with E-state index in [2.05, 4.69) is 34.5 Å². The molecule has 18 heavy (non-hydrogen) atoms. The maximum Gasteiger partial charge on any atom is 0.258 e. The van der Waals surface area contributed by atoms with Gasteiger partial charge in [-0.1, -0.05) is 6.58 Å². The summed E-state index contributed by atoms with van der Waals surface area (Å²) in [6.45, 7) is 4.36. The van der Waals surface area contributed by atoms with Gasteiger partial charge in [-0.25, -0.2) is 0 Å². The van der Waals surface area contributed by atoms with E-state index in [0.29, 0.717) is 18.1 Å². The molecule has 0 unspecified atom stereocenters. The molecule has 5 heteroatoms. The zero-order chi connectivity index (χ0) is 13.0. The van der Waals surface area contributed by atoms with Crippen molar-refractivity contribution in [2.45, 2.75) is 12.5 Å². The number of hydrogen-bond donors (Lipinski definition) is 1. The molecule has 1 heterocycles. The van der Waals surface area contributed by atoms with Crippen LogP contribution in [0.2, 0.25) is 0 Å². The van der Waals surface area contributed by atoms with E-state index in [1.807, 2.05) is 24.3 Å². The molecule has 1 saturated heterocycles. The molecule has 96 valence electrons. The van der Waals surface area contributed by atoms with Gasteiger partial charge in [0.2, 0.25) is 0 Å². The SMILES string of the molecule is C=C1OCC[C@@H]1NC(=O)COc1ccc(I)cc1. The summed E-state index contributed by atoms with van der Waals surface area (Å²) in [6.07, 6.45) is 0.772. The van der Waals surface area contributed by atoms with Crippen LogP contribution in [0, 0.1) is 3.57 Å². The first-order valence-corrected chi connectivity index (χ1v) is 6.72. The van der Waals surface area contributed by atoms with E-state index in [1.54, 1.807) is 0 Å². The van der Waals surface area contributed by atoms with E-state index in [1.165, 1.54) is 0 Å². The molecule has 1 amide bonds. The fraction of sp³-hybridized carbons (Fsp3) is 0.308. The van der Waals surface area contributed by atoms with Crippen molar-refractivity contribution in [2.24, 2.45) is 0 Å². The summed E-state index contributed by atoms with van der Waals surface area (Å²) < 4.78 is 11.7. The summed E-state index contributed by atoms with van der Waals surface area (Å²) in [5, 5.41) is 2.82. The third-order valence-corrected chi connectivity index (χ3v) is 3.32. The first kappa shape index (κ1) is 13.2. The molecule has 2 rings (SSSR count). The van der Waals surface area contributed by atoms with Gasteiger partial charge in [-0.2, -0.15) is 0 Å². The highest BCUT2D eigenvalue weighted by Crippen LogP contribution is 2.15. The second-order valence-corrected chi connectivity index (χ2v) is 5.21. The summed E-state index contributed by atoms with van der Waals surface area (Å²) in [7, 11) is 0. The number of ether oxygens (including phenoxy) is 2. The molecule has 1 aliphatic heterocycles. The van der Waals surface area contributed by atoms with Crippen molar-refractivity contribution in [3.8, 4) is 5.75 Å². The summed E-state index contributed by atoms with van der Waals surface area (Å²) in [4.78, 5) is 11.7. The van der Waals surface area contributed by atoms with Crippen LogP contribution in [0.5, 0.6) is 5.75 Å². The van der Waals surface area contributed by atoms with Crippen LogP contribution in [0.15, 0.2) is 36.6 Å². The van der Waals surface area contributed by atoms with Crippen LogP contribution in [-0.4, -0.2) is 25.2 Å². The predicted molar refractivity (Wildman–Crippen MR) is 76.3 cm³/mol. The highest BCUT2D eigenvalue weighted by Gasteiger charge is 2.22. The third-order valence-electron chi connectivity index (χ3n) is 2.60. The molecule has 0 aliphatic carbocycles. The Balaban J connectivity index is 1.78. The molecule has 0 radical (unpaired) electrons. The predicted octanol–water partition coefficient (Wildman–Crippen LogP) is 2.09. The minimum atomic E-state index is -0.162. The molecular weight excluding hydrogens is 345 g/mol. The molecule has 1 fully saturated rings. The Morgan fingerprint density at radius 2 is 2.22 bits per heavy atom. The Morgan fingerprint density at radius 3 is 2.83 bits per heavy atom. The maximum absolute atomic E-state index is 11.7. The first-order valence-electron chi connectivity index (χ1n) is 5.64. The van der Waals surface area contributed by atoms with E-state index in [9.17, 15) is 4.79 Å². The van der Waals surface area contributed by atoms with Crippen LogP contribution in [-0.2, 0) is 9.53 Å². The molecular formula is C13H14INO3. The quantitative estimate of drug-likeness (QED) is 0.838. The second kappa shape index (κ2) is 6.08. The van der Waals surface area contributed by atoms with Gasteiger partial charge >= 0.3 is 0 Å². The Labute approximate surface area is 119 Å². The van der Waals surface area contributed by atoms with Gasteiger partial charge in [0, 0.05) is 9.99 Å². The lowest BCUT2D eigenvalue weighted by molar-refractivity contribution is -0.123. The molecule has 0 aromatic heterocycles. The standard InChI is InChI=1S/C13H14INO3/c1-9-12(6-7-17-9)15-13(16)8-18-11-4-2-10(14)3-5-11/h2-5,12H,1,6-8H2,(H,15,16)/t12-/m0/s1. The number of carbonyl (C=O) groups is 1. The van der Waals surface area contributed by atoms with E-state index in [0.717, 1.165) is 9.99 Å². The van der Waals surface area contributed by atoms with Crippen molar-refractivity contribution in [1.82, 2.24) is 5.32 Å². The number of carbonyl (C=O) groups excluding carboxylic acids is 1. The minimum Gasteiger partial charge on any atom is -0.496 e. The van der Waals surface area contributed by atoms with Gasteiger partial charge in [-0.3, -0.25) is 4.79 Å². The van der Waals surface area contributed by atoms with Gasteiger partial charge in [0.05, 0.1) is 12.6 Å². The van der Waals surface area contributed by atoms with Crippen molar-refractivity contribution < 1.29 is 14.3 Å². The second-order valence-electron chi connectivity index (χ2n) is 3.97. The topological polar surface area (TPSA) is 47.6 Å². The van der Waals surface area contributed by atoms with E-state index in [4.69, 9.17) is 9.47 Å². The minimum absolute atomic E-state index is 0.00434. The molecule has 1 aromatic rings. The van der Waals surface area contributed by atoms with Crippen molar-refractivity contribution in [2.75, 3.05) is 13.2 Å². The van der Waals surface area contributed by atoms with Crippen molar-refractivity contribution in [1.29, 1.82) is 0 Å². The zero-order valence-electron chi connectivity index (χ0n) is 9.82. The smallest absolute Gasteiger partial charge is 0.258 e. The normalized spacial score (nSPS) is 18.3. The highest BCUT2D eigenvalue weighted by molar-refractivity contribution is 14.1. The van der Waals surface area contributed by atoms with Crippen LogP contribution in [0.1, 0.15) is 6.42 Å². The highest BCUT2D eigenvalue weighted by atomic mass is 127. The number of rotatable bonds is 4. The van der Waals surface area contributed by atoms with Crippen LogP contribution in [0.4, 0.5) is 0 Å². The van der Waals surface area contributed by atoms with Crippen LogP contribution < -0.4 is 10.1 Å². The molecule has 0 saturated carbocycles. The van der Waals surface area contributed by atoms with Crippen molar-refractivity contribution in [3.63, 3.8) is 0 Å². The van der Waals surface area contributed by atoms with Gasteiger partial charge in [-0.05, 0) is 46.9 Å². The zero-order valence-corrected chi connectivity index (χ0v) is 12.0. The molecule has 1 N–H and O–H groups in total. The molecule has 1 aromatic carbocycles. The molecule has 1 aliphatic rings. The lowest BCUT2D eigenvalue weighted by atomic mass is 10.2. The number of benzene rings is 1. The van der Waals surface area contributed by atoms with Crippen LogP contribution in [0.25, 0.3) is 0 Å². The number of nitrogens with one attached hydrogen (secondary N) is 1. The molecule has 1 atom stereocenters. The van der Waals surface area contributed by atoms with E-state index >= 15 is 0 Å². The van der Waals surface area contributed by atoms with Gasteiger partial charge in [0.25, 0.3) is 5.91 Å². The van der Waals surface area contributed by atoms with Crippen LogP contribution in [0.3, 0.4) is 0 Å². The number of amides is 1. The Bertz CT molecular complexity index is 444. The summed E-state index contributed by atoms with van der Waals surface area (Å²) in [6, 6.07) is 7.46. The average molecular weight is 359 g/mol. The summed E-state index contributed by atoms with van der Waals surface area (Å²) in [5.41, 5.74) is 0. The van der Waals surface area contributed by atoms with Crippen LogP contribution >= 0.6 is 22.6 Å². The van der Waals surface area contributed by atoms with Gasteiger partial charge in [0.1, 0.15) is 11.5 Å². The van der Waals surface area contributed by atoms with Crippen molar-refractivity contribution >= 4 is 28.5 Å². The summed E-state index contributed by atoms with van der Waals surface area (Å²) in [5.74, 6) is 1.15. The number of halogens is 1. The maximum atomic E-state index is 11.7. The lowest BCUT2D eigenvalue weighted by Crippen LogP contribution is -2.37. The third kappa shape index (κ3) is 3.63. The fourth-order valence-corrected chi connectivity index (χ4v) is 2.00. The van der Waals surface area contributed by atoms with Gasteiger partial charge in [-0.15, -0.1) is 0 Å². The molecule has 0 bridgehead atoms. The van der Waals surface area contributed by atoms with Crippen molar-refractivity contribution in [3.05, 3.63) is 40.2 Å². The first-order chi connectivity index (χ1) is 8.65.